The van der Waals surface area contributed by atoms with Crippen molar-refractivity contribution < 1.29 is 41.8 Å². The van der Waals surface area contributed by atoms with Crippen molar-refractivity contribution in [2.45, 2.75) is 38.5 Å². The molecule has 1 aliphatic rings. The van der Waals surface area contributed by atoms with Gasteiger partial charge >= 0.3 is 16.3 Å². The number of rotatable bonds is 9. The fourth-order valence-corrected chi connectivity index (χ4v) is 4.03. The summed E-state index contributed by atoms with van der Waals surface area (Å²) in [5.41, 5.74) is 12.1. The van der Waals surface area contributed by atoms with Gasteiger partial charge in [-0.1, -0.05) is 5.16 Å². The number of thiazole rings is 1. The Morgan fingerprint density at radius 3 is 2.44 bits per heavy atom. The summed E-state index contributed by atoms with van der Waals surface area (Å²) >= 11 is 0.948. The number of oxime groups is 1. The minimum atomic E-state index is -4.81. The number of β-lactam (4-membered cyclic amide) rings is 1. The summed E-state index contributed by atoms with van der Waals surface area (Å²) in [5, 5.41) is 9.34. The third-order valence-electron chi connectivity index (χ3n) is 4.50. The maximum absolute atomic E-state index is 12.8. The largest absolute Gasteiger partial charge is 0.379 e. The van der Waals surface area contributed by atoms with Crippen molar-refractivity contribution in [2.75, 3.05) is 12.3 Å². The van der Waals surface area contributed by atoms with E-state index in [1.807, 2.05) is 16.2 Å². The van der Waals surface area contributed by atoms with Crippen LogP contribution in [0.2, 0.25) is 0 Å². The number of hydrogen-bond donors (Lipinski definition) is 7. The molecule has 1 saturated heterocycles. The molecule has 1 aromatic heterocycles. The number of urea groups is 1. The van der Waals surface area contributed by atoms with Crippen LogP contribution in [0.5, 0.6) is 0 Å². The molecule has 1 aromatic rings. The van der Waals surface area contributed by atoms with Crippen LogP contribution in [0.15, 0.2) is 10.5 Å². The molecule has 2 heterocycles. The van der Waals surface area contributed by atoms with Gasteiger partial charge in [-0.2, -0.15) is 8.42 Å². The fraction of sp³-hybridized carbons (Fsp3) is 0.438. The average molecular weight is 550 g/mol. The molecular formula is C16H23N9O9S2. The van der Waals surface area contributed by atoms with Crippen molar-refractivity contribution in [2.24, 2.45) is 10.9 Å². The van der Waals surface area contributed by atoms with E-state index in [-0.39, 0.29) is 15.1 Å². The molecule has 0 bridgehead atoms. The van der Waals surface area contributed by atoms with Crippen LogP contribution in [0.1, 0.15) is 26.5 Å². The van der Waals surface area contributed by atoms with Crippen LogP contribution in [-0.2, 0) is 34.3 Å². The number of hydrogen-bond acceptors (Lipinski definition) is 12. The molecule has 0 aromatic carbocycles. The predicted molar refractivity (Wildman–Crippen MR) is 122 cm³/mol. The van der Waals surface area contributed by atoms with Crippen molar-refractivity contribution in [1.82, 2.24) is 30.8 Å². The Hall–Kier alpha value is -4.04. The Bertz CT molecular complexity index is 1210. The highest BCUT2D eigenvalue weighted by atomic mass is 32.2. The van der Waals surface area contributed by atoms with Gasteiger partial charge in [0.2, 0.25) is 5.60 Å². The third kappa shape index (κ3) is 6.76. The summed E-state index contributed by atoms with van der Waals surface area (Å²) in [7, 11) is -4.81. The van der Waals surface area contributed by atoms with Crippen LogP contribution in [0.4, 0.5) is 9.93 Å². The second-order valence-electron chi connectivity index (χ2n) is 7.64. The predicted octanol–water partition coefficient (Wildman–Crippen LogP) is -3.44. The van der Waals surface area contributed by atoms with E-state index in [0.717, 1.165) is 11.3 Å². The van der Waals surface area contributed by atoms with Crippen LogP contribution >= 0.6 is 11.3 Å². The highest BCUT2D eigenvalue weighted by molar-refractivity contribution is 7.84. The molecule has 0 radical (unpaired) electrons. The average Bonchev–Trinajstić information content (AvgIpc) is 3.19. The zero-order valence-corrected chi connectivity index (χ0v) is 20.6. The molecule has 0 spiro atoms. The molecule has 0 aliphatic carbocycles. The van der Waals surface area contributed by atoms with E-state index in [0.29, 0.717) is 0 Å². The molecule has 20 heteroatoms. The number of carbonyl (C=O) groups excluding carboxylic acids is 5. The number of aromatic nitrogens is 1. The smallest absolute Gasteiger partial charge is 0.362 e. The van der Waals surface area contributed by atoms with Crippen LogP contribution in [0.25, 0.3) is 0 Å². The van der Waals surface area contributed by atoms with Crippen molar-refractivity contribution >= 4 is 62.1 Å². The molecule has 9 N–H and O–H groups in total. The topological polar surface area (TPSA) is 278 Å². The van der Waals surface area contributed by atoms with Gasteiger partial charge < -0.3 is 26.9 Å². The molecule has 198 valence electrons. The maximum atomic E-state index is 12.8. The van der Waals surface area contributed by atoms with Crippen LogP contribution in [0, 0.1) is 0 Å². The minimum Gasteiger partial charge on any atom is -0.379 e. The number of nitrogens with two attached hydrogens (primary N) is 2. The van der Waals surface area contributed by atoms with Crippen molar-refractivity contribution in [1.29, 1.82) is 0 Å². The molecule has 0 saturated carbocycles. The van der Waals surface area contributed by atoms with Gasteiger partial charge in [-0.3, -0.25) is 34.6 Å². The van der Waals surface area contributed by atoms with Gasteiger partial charge in [-0.25, -0.2) is 14.1 Å². The SMILES string of the molecule is C[C@H]1[C@H](NC(=O)C(=NOC(C)(C)C(=O)NNC(=O)CNC(N)=O)c2csc(N)n2)C(=O)N1S(=O)(=O)O. The Balaban J connectivity index is 2.14. The zero-order valence-electron chi connectivity index (χ0n) is 19.0. The van der Waals surface area contributed by atoms with E-state index in [4.69, 9.17) is 20.9 Å². The maximum Gasteiger partial charge on any atom is 0.362 e. The summed E-state index contributed by atoms with van der Waals surface area (Å²) in [4.78, 5) is 68.6. The second-order valence-corrected chi connectivity index (χ2v) is 9.81. The summed E-state index contributed by atoms with van der Waals surface area (Å²) < 4.78 is 31.8. The molecule has 1 aliphatic heterocycles. The Morgan fingerprint density at radius 2 is 1.94 bits per heavy atom. The standard InChI is InChI=1S/C16H23N9O9S2/c1-6-9(12(28)25(6)36(31,32)33)21-11(27)10(7-5-35-15(18)20-7)24-34-16(2,3)13(29)23-22-8(26)4-19-14(17)30/h5-6,9H,4H2,1-3H3,(H2,18,20)(H,21,27)(H,22,26)(H,23,29)(H3,17,19,30)(H,31,32,33)/t6-,9-/m0/s1. The third-order valence-corrected chi connectivity index (χ3v) is 6.18. The molecule has 36 heavy (non-hydrogen) atoms. The van der Waals surface area contributed by atoms with E-state index < -0.39 is 69.9 Å². The van der Waals surface area contributed by atoms with E-state index in [1.165, 1.54) is 26.2 Å². The van der Waals surface area contributed by atoms with Crippen molar-refractivity contribution in [3.8, 4) is 0 Å². The number of nitrogens with zero attached hydrogens (tertiary/aromatic N) is 3. The summed E-state index contributed by atoms with van der Waals surface area (Å²) in [5.74, 6) is -3.83. The van der Waals surface area contributed by atoms with E-state index in [2.05, 4.69) is 15.5 Å². The molecule has 18 nitrogen and oxygen atoms in total. The lowest BCUT2D eigenvalue weighted by molar-refractivity contribution is -0.145. The van der Waals surface area contributed by atoms with Gasteiger partial charge in [0, 0.05) is 5.38 Å². The van der Waals surface area contributed by atoms with Gasteiger partial charge in [-0.05, 0) is 20.8 Å². The minimum absolute atomic E-state index is 0.0559. The normalized spacial score (nSPS) is 18.1. The first-order chi connectivity index (χ1) is 16.5. The number of primary amides is 1. The number of anilines is 1. The lowest BCUT2D eigenvalue weighted by atomic mass is 10.0. The van der Waals surface area contributed by atoms with E-state index in [1.54, 1.807) is 0 Å². The lowest BCUT2D eigenvalue weighted by Gasteiger charge is -2.42. The Labute approximate surface area is 207 Å². The monoisotopic (exact) mass is 549 g/mol. The number of amides is 6. The van der Waals surface area contributed by atoms with Crippen LogP contribution < -0.4 is 33.0 Å². The van der Waals surface area contributed by atoms with E-state index >= 15 is 0 Å². The number of hydrazine groups is 1. The van der Waals surface area contributed by atoms with Crippen LogP contribution in [0.3, 0.4) is 0 Å². The van der Waals surface area contributed by atoms with Crippen molar-refractivity contribution in [3.05, 3.63) is 11.1 Å². The molecular weight excluding hydrogens is 526 g/mol. The summed E-state index contributed by atoms with van der Waals surface area (Å²) in [6.45, 7) is 3.24. The lowest BCUT2D eigenvalue weighted by Crippen LogP contribution is -2.71. The number of nitrogen functional groups attached to an aromatic ring is 1. The molecule has 2 rings (SSSR count). The quantitative estimate of drug-likeness (QED) is 0.0688. The highest BCUT2D eigenvalue weighted by Crippen LogP contribution is 2.23. The zero-order chi connectivity index (χ0) is 27.4. The van der Waals surface area contributed by atoms with Gasteiger partial charge in [0.15, 0.2) is 10.8 Å². The van der Waals surface area contributed by atoms with Gasteiger partial charge in [0.05, 0.1) is 6.04 Å². The highest BCUT2D eigenvalue weighted by Gasteiger charge is 2.51. The van der Waals surface area contributed by atoms with Gasteiger partial charge in [0.1, 0.15) is 18.3 Å². The Morgan fingerprint density at radius 1 is 1.31 bits per heavy atom. The molecule has 0 unspecified atom stereocenters. The summed E-state index contributed by atoms with van der Waals surface area (Å²) in [6.07, 6.45) is 0. The first-order valence-electron chi connectivity index (χ1n) is 9.76. The van der Waals surface area contributed by atoms with Crippen molar-refractivity contribution in [3.63, 3.8) is 0 Å². The molecule has 1 fully saturated rings. The van der Waals surface area contributed by atoms with Gasteiger partial charge in [0.25, 0.3) is 23.6 Å². The first-order valence-corrected chi connectivity index (χ1v) is 12.0. The first kappa shape index (κ1) is 28.2. The molecule has 6 amide bonds. The number of nitrogens with one attached hydrogen (secondary N) is 4. The number of carbonyl (C=O) groups is 5. The van der Waals surface area contributed by atoms with E-state index in [9.17, 15) is 32.4 Å². The summed E-state index contributed by atoms with van der Waals surface area (Å²) in [6, 6.07) is -3.37. The molecule has 2 atom stereocenters. The van der Waals surface area contributed by atoms with Crippen LogP contribution in [-0.4, -0.2) is 81.9 Å². The van der Waals surface area contributed by atoms with Gasteiger partial charge in [-0.15, -0.1) is 11.3 Å². The Kier molecular flexibility index (Phi) is 8.38. The second kappa shape index (κ2) is 10.7. The fourth-order valence-electron chi connectivity index (χ4n) is 2.60.